The van der Waals surface area contributed by atoms with E-state index in [0.29, 0.717) is 13.2 Å². The number of hydrogen-bond donors (Lipinski definition) is 1. The second-order valence-corrected chi connectivity index (χ2v) is 7.29. The number of halogens is 1. The Balaban J connectivity index is 1.44. The molecular formula is C20H25BrN2O3. The van der Waals surface area contributed by atoms with E-state index in [4.69, 9.17) is 9.47 Å². The number of β-amino-alcohol motifs (C(OH)–C–C–N with tert-alkyl or cyclic N) is 1. The van der Waals surface area contributed by atoms with E-state index in [1.54, 1.807) is 7.11 Å². The zero-order chi connectivity index (χ0) is 18.4. The van der Waals surface area contributed by atoms with E-state index >= 15 is 0 Å². The molecule has 2 aromatic rings. The number of piperazine rings is 1. The molecule has 0 unspecified atom stereocenters. The first-order chi connectivity index (χ1) is 12.7. The Labute approximate surface area is 163 Å². The quantitative estimate of drug-likeness (QED) is 0.745. The van der Waals surface area contributed by atoms with Gasteiger partial charge in [-0.1, -0.05) is 28.1 Å². The fourth-order valence-corrected chi connectivity index (χ4v) is 3.40. The minimum absolute atomic E-state index is 0.300. The van der Waals surface area contributed by atoms with Gasteiger partial charge in [0.1, 0.15) is 24.2 Å². The normalized spacial score (nSPS) is 16.3. The number of aliphatic hydroxyl groups excluding tert-OH is 1. The molecule has 0 aromatic heterocycles. The summed E-state index contributed by atoms with van der Waals surface area (Å²) in [6, 6.07) is 15.7. The van der Waals surface area contributed by atoms with Crippen LogP contribution in [0.25, 0.3) is 0 Å². The van der Waals surface area contributed by atoms with Gasteiger partial charge in [0.15, 0.2) is 0 Å². The lowest BCUT2D eigenvalue weighted by atomic mass is 10.2. The SMILES string of the molecule is COc1ccccc1N1CCN(C[C@H](O)COc2ccc(Br)cc2)CC1. The van der Waals surface area contributed by atoms with Crippen molar-refractivity contribution in [2.45, 2.75) is 6.10 Å². The summed E-state index contributed by atoms with van der Waals surface area (Å²) in [5.74, 6) is 1.68. The fraction of sp³-hybridized carbons (Fsp3) is 0.400. The Morgan fingerprint density at radius 3 is 2.42 bits per heavy atom. The van der Waals surface area contributed by atoms with Crippen LogP contribution in [0.5, 0.6) is 11.5 Å². The van der Waals surface area contributed by atoms with Crippen molar-refractivity contribution in [1.82, 2.24) is 4.90 Å². The summed E-state index contributed by atoms with van der Waals surface area (Å²) in [4.78, 5) is 4.61. The van der Waals surface area contributed by atoms with Crippen molar-refractivity contribution in [2.24, 2.45) is 0 Å². The van der Waals surface area contributed by atoms with E-state index in [1.807, 2.05) is 42.5 Å². The maximum Gasteiger partial charge on any atom is 0.142 e. The Bertz CT molecular complexity index is 688. The van der Waals surface area contributed by atoms with Crippen molar-refractivity contribution < 1.29 is 14.6 Å². The van der Waals surface area contributed by atoms with Crippen molar-refractivity contribution in [3.63, 3.8) is 0 Å². The molecule has 3 rings (SSSR count). The number of benzene rings is 2. The smallest absolute Gasteiger partial charge is 0.142 e. The standard InChI is InChI=1S/C20H25BrN2O3/c1-25-20-5-3-2-4-19(20)23-12-10-22(11-13-23)14-17(24)15-26-18-8-6-16(21)7-9-18/h2-9,17,24H,10-15H2,1H3/t17-/m0/s1. The third-order valence-electron chi connectivity index (χ3n) is 4.52. The minimum Gasteiger partial charge on any atom is -0.495 e. The monoisotopic (exact) mass is 420 g/mol. The number of para-hydroxylation sites is 2. The van der Waals surface area contributed by atoms with Gasteiger partial charge in [0, 0.05) is 37.2 Å². The molecule has 1 atom stereocenters. The van der Waals surface area contributed by atoms with Crippen LogP contribution < -0.4 is 14.4 Å². The van der Waals surface area contributed by atoms with Gasteiger partial charge in [-0.05, 0) is 36.4 Å². The van der Waals surface area contributed by atoms with Gasteiger partial charge >= 0.3 is 0 Å². The number of rotatable bonds is 7. The van der Waals surface area contributed by atoms with Crippen molar-refractivity contribution in [1.29, 1.82) is 0 Å². The summed E-state index contributed by atoms with van der Waals surface area (Å²) in [5, 5.41) is 10.3. The second-order valence-electron chi connectivity index (χ2n) is 6.38. The molecule has 1 heterocycles. The van der Waals surface area contributed by atoms with Crippen LogP contribution in [-0.2, 0) is 0 Å². The molecule has 0 amide bonds. The predicted octanol–water partition coefficient (Wildman–Crippen LogP) is 3.02. The van der Waals surface area contributed by atoms with E-state index in [2.05, 4.69) is 31.8 Å². The van der Waals surface area contributed by atoms with E-state index in [0.717, 1.165) is 47.8 Å². The maximum absolute atomic E-state index is 10.3. The third-order valence-corrected chi connectivity index (χ3v) is 5.05. The topological polar surface area (TPSA) is 45.2 Å². The molecule has 0 bridgehead atoms. The van der Waals surface area contributed by atoms with Crippen LogP contribution in [0.2, 0.25) is 0 Å². The number of methoxy groups -OCH3 is 1. The molecule has 1 aliphatic rings. The molecule has 1 saturated heterocycles. The molecule has 140 valence electrons. The highest BCUT2D eigenvalue weighted by Crippen LogP contribution is 2.28. The zero-order valence-corrected chi connectivity index (χ0v) is 16.6. The highest BCUT2D eigenvalue weighted by atomic mass is 79.9. The van der Waals surface area contributed by atoms with Gasteiger partial charge in [-0.15, -0.1) is 0 Å². The molecule has 1 fully saturated rings. The average Bonchev–Trinajstić information content (AvgIpc) is 2.68. The molecule has 0 radical (unpaired) electrons. The lowest BCUT2D eigenvalue weighted by molar-refractivity contribution is 0.0663. The number of nitrogens with zero attached hydrogens (tertiary/aromatic N) is 2. The van der Waals surface area contributed by atoms with Crippen LogP contribution in [-0.4, -0.2) is 62.6 Å². The molecule has 2 aromatic carbocycles. The van der Waals surface area contributed by atoms with Gasteiger partial charge in [0.25, 0.3) is 0 Å². The van der Waals surface area contributed by atoms with Crippen LogP contribution in [0.3, 0.4) is 0 Å². The van der Waals surface area contributed by atoms with Crippen LogP contribution in [0.4, 0.5) is 5.69 Å². The Morgan fingerprint density at radius 2 is 1.73 bits per heavy atom. The first-order valence-electron chi connectivity index (χ1n) is 8.82. The van der Waals surface area contributed by atoms with Crippen molar-refractivity contribution >= 4 is 21.6 Å². The summed E-state index contributed by atoms with van der Waals surface area (Å²) >= 11 is 3.40. The van der Waals surface area contributed by atoms with E-state index < -0.39 is 6.10 Å². The highest BCUT2D eigenvalue weighted by molar-refractivity contribution is 9.10. The first-order valence-corrected chi connectivity index (χ1v) is 9.62. The fourth-order valence-electron chi connectivity index (χ4n) is 3.14. The van der Waals surface area contributed by atoms with Crippen molar-refractivity contribution in [2.75, 3.05) is 51.3 Å². The molecule has 0 aliphatic carbocycles. The van der Waals surface area contributed by atoms with Gasteiger partial charge in [-0.25, -0.2) is 0 Å². The predicted molar refractivity (Wildman–Crippen MR) is 107 cm³/mol. The van der Waals surface area contributed by atoms with Gasteiger partial charge in [0.05, 0.1) is 12.8 Å². The first kappa shape index (κ1) is 19.0. The van der Waals surface area contributed by atoms with Gasteiger partial charge in [-0.3, -0.25) is 4.90 Å². The summed E-state index contributed by atoms with van der Waals surface area (Å²) in [6.07, 6.45) is -0.503. The molecule has 0 saturated carbocycles. The van der Waals surface area contributed by atoms with Crippen LogP contribution in [0.15, 0.2) is 53.0 Å². The number of hydrogen-bond acceptors (Lipinski definition) is 5. The lowest BCUT2D eigenvalue weighted by Gasteiger charge is -2.37. The largest absolute Gasteiger partial charge is 0.495 e. The van der Waals surface area contributed by atoms with Crippen molar-refractivity contribution in [3.8, 4) is 11.5 Å². The average molecular weight is 421 g/mol. The lowest BCUT2D eigenvalue weighted by Crippen LogP contribution is -2.49. The third kappa shape index (κ3) is 5.13. The molecular weight excluding hydrogens is 396 g/mol. The molecule has 6 heteroatoms. The van der Waals surface area contributed by atoms with Gasteiger partial charge in [0.2, 0.25) is 0 Å². The summed E-state index contributed by atoms with van der Waals surface area (Å²) in [6.45, 7) is 4.58. The van der Waals surface area contributed by atoms with E-state index in [9.17, 15) is 5.11 Å². The maximum atomic E-state index is 10.3. The molecule has 5 nitrogen and oxygen atoms in total. The number of ether oxygens (including phenoxy) is 2. The van der Waals surface area contributed by atoms with Crippen LogP contribution in [0.1, 0.15) is 0 Å². The molecule has 1 aliphatic heterocycles. The van der Waals surface area contributed by atoms with Gasteiger partial charge < -0.3 is 19.5 Å². The Kier molecular flexibility index (Phi) is 6.77. The summed E-state index contributed by atoms with van der Waals surface area (Å²) in [5.41, 5.74) is 1.13. The molecule has 0 spiro atoms. The molecule has 1 N–H and O–H groups in total. The van der Waals surface area contributed by atoms with Gasteiger partial charge in [-0.2, -0.15) is 0 Å². The van der Waals surface area contributed by atoms with E-state index in [-0.39, 0.29) is 0 Å². The zero-order valence-electron chi connectivity index (χ0n) is 15.0. The second kappa shape index (κ2) is 9.26. The van der Waals surface area contributed by atoms with E-state index in [1.165, 1.54) is 0 Å². The number of aliphatic hydroxyl groups is 1. The van der Waals surface area contributed by atoms with Crippen LogP contribution in [0, 0.1) is 0 Å². The highest BCUT2D eigenvalue weighted by Gasteiger charge is 2.21. The Morgan fingerprint density at radius 1 is 1.04 bits per heavy atom. The molecule has 26 heavy (non-hydrogen) atoms. The Hall–Kier alpha value is -1.76. The van der Waals surface area contributed by atoms with Crippen molar-refractivity contribution in [3.05, 3.63) is 53.0 Å². The summed E-state index contributed by atoms with van der Waals surface area (Å²) < 4.78 is 12.1. The van der Waals surface area contributed by atoms with Crippen LogP contribution >= 0.6 is 15.9 Å². The number of anilines is 1. The minimum atomic E-state index is -0.503. The summed E-state index contributed by atoms with van der Waals surface area (Å²) in [7, 11) is 1.71.